The monoisotopic (exact) mass is 367 g/mol. The number of carbonyl (C=O) groups excluding carboxylic acids is 2. The SMILES string of the molecule is Cc1csc(C(=O)N2CCC(n3cnc(C(N)=O)c3N)CC2)c1Cl. The molecule has 0 bridgehead atoms. The van der Waals surface area contributed by atoms with Gasteiger partial charge in [-0.25, -0.2) is 4.98 Å². The van der Waals surface area contributed by atoms with Crippen molar-refractivity contribution in [1.82, 2.24) is 14.5 Å². The Bertz CT molecular complexity index is 792. The van der Waals surface area contributed by atoms with Crippen molar-refractivity contribution in [2.24, 2.45) is 5.73 Å². The van der Waals surface area contributed by atoms with Crippen LogP contribution >= 0.6 is 22.9 Å². The number of nitrogens with two attached hydrogens (primary N) is 2. The maximum absolute atomic E-state index is 12.6. The van der Waals surface area contributed by atoms with Gasteiger partial charge >= 0.3 is 0 Å². The molecule has 128 valence electrons. The molecule has 0 atom stereocenters. The van der Waals surface area contributed by atoms with Crippen molar-refractivity contribution in [2.75, 3.05) is 18.8 Å². The summed E-state index contributed by atoms with van der Waals surface area (Å²) in [5.41, 5.74) is 12.2. The summed E-state index contributed by atoms with van der Waals surface area (Å²) >= 11 is 7.57. The Morgan fingerprint density at radius 1 is 1.38 bits per heavy atom. The summed E-state index contributed by atoms with van der Waals surface area (Å²) in [4.78, 5) is 30.2. The van der Waals surface area contributed by atoms with Crippen LogP contribution in [0.5, 0.6) is 0 Å². The number of imidazole rings is 1. The summed E-state index contributed by atoms with van der Waals surface area (Å²) < 4.78 is 1.77. The maximum Gasteiger partial charge on any atom is 0.271 e. The lowest BCUT2D eigenvalue weighted by Crippen LogP contribution is -2.39. The molecule has 7 nitrogen and oxygen atoms in total. The fourth-order valence-electron chi connectivity index (χ4n) is 2.92. The number of thiophene rings is 1. The molecule has 2 aromatic heterocycles. The van der Waals surface area contributed by atoms with Crippen LogP contribution in [0.15, 0.2) is 11.7 Å². The number of anilines is 1. The first kappa shape index (κ1) is 16.8. The molecule has 0 radical (unpaired) electrons. The smallest absolute Gasteiger partial charge is 0.271 e. The summed E-state index contributed by atoms with van der Waals surface area (Å²) in [7, 11) is 0. The lowest BCUT2D eigenvalue weighted by molar-refractivity contribution is 0.0700. The molecule has 0 aliphatic carbocycles. The topological polar surface area (TPSA) is 107 Å². The number of nitrogen functional groups attached to an aromatic ring is 1. The number of primary amides is 1. The van der Waals surface area contributed by atoms with Gasteiger partial charge in [-0.1, -0.05) is 11.6 Å². The number of carbonyl (C=O) groups is 2. The van der Waals surface area contributed by atoms with E-state index in [0.717, 1.165) is 18.4 Å². The van der Waals surface area contributed by atoms with Gasteiger partial charge in [0.05, 0.1) is 11.3 Å². The first-order valence-corrected chi connectivity index (χ1v) is 8.81. The third-order valence-electron chi connectivity index (χ3n) is 4.30. The second-order valence-electron chi connectivity index (χ2n) is 5.84. The highest BCUT2D eigenvalue weighted by molar-refractivity contribution is 7.13. The number of rotatable bonds is 3. The number of aryl methyl sites for hydroxylation is 1. The van der Waals surface area contributed by atoms with Crippen LogP contribution in [-0.2, 0) is 0 Å². The molecular formula is C15H18ClN5O2S. The molecule has 2 aromatic rings. The van der Waals surface area contributed by atoms with E-state index in [2.05, 4.69) is 4.98 Å². The van der Waals surface area contributed by atoms with Gasteiger partial charge in [0, 0.05) is 19.1 Å². The Morgan fingerprint density at radius 2 is 2.04 bits per heavy atom. The normalized spacial score (nSPS) is 15.7. The van der Waals surface area contributed by atoms with Gasteiger partial charge in [0.1, 0.15) is 10.7 Å². The van der Waals surface area contributed by atoms with Gasteiger partial charge in [-0.3, -0.25) is 9.59 Å². The quantitative estimate of drug-likeness (QED) is 0.865. The zero-order chi connectivity index (χ0) is 17.4. The Kier molecular flexibility index (Phi) is 4.51. The molecule has 1 aliphatic heterocycles. The number of nitrogens with zero attached hydrogens (tertiary/aromatic N) is 3. The van der Waals surface area contributed by atoms with Gasteiger partial charge in [0.15, 0.2) is 5.69 Å². The summed E-state index contributed by atoms with van der Waals surface area (Å²) in [5, 5.41) is 2.43. The highest BCUT2D eigenvalue weighted by atomic mass is 35.5. The van der Waals surface area contributed by atoms with E-state index in [4.69, 9.17) is 23.1 Å². The molecule has 2 amide bonds. The fraction of sp³-hybridized carbons (Fsp3) is 0.400. The Balaban J connectivity index is 1.69. The highest BCUT2D eigenvalue weighted by Crippen LogP contribution is 2.31. The minimum absolute atomic E-state index is 0.0343. The zero-order valence-corrected chi connectivity index (χ0v) is 14.7. The van der Waals surface area contributed by atoms with Crippen LogP contribution in [0.3, 0.4) is 0 Å². The number of halogens is 1. The molecule has 24 heavy (non-hydrogen) atoms. The van der Waals surface area contributed by atoms with E-state index < -0.39 is 5.91 Å². The highest BCUT2D eigenvalue weighted by Gasteiger charge is 2.28. The summed E-state index contributed by atoms with van der Waals surface area (Å²) in [5.74, 6) is -0.390. The van der Waals surface area contributed by atoms with Crippen molar-refractivity contribution in [2.45, 2.75) is 25.8 Å². The molecule has 0 aromatic carbocycles. The number of hydrogen-bond acceptors (Lipinski definition) is 5. The number of hydrogen-bond donors (Lipinski definition) is 2. The molecule has 0 unspecified atom stereocenters. The molecule has 1 fully saturated rings. The predicted octanol–water partition coefficient (Wildman–Crippen LogP) is 2.06. The third-order valence-corrected chi connectivity index (χ3v) is 5.99. The van der Waals surface area contributed by atoms with Gasteiger partial charge in [0.2, 0.25) is 0 Å². The van der Waals surface area contributed by atoms with Crippen LogP contribution in [0.4, 0.5) is 5.82 Å². The molecule has 9 heteroatoms. The van der Waals surface area contributed by atoms with E-state index in [-0.39, 0.29) is 23.5 Å². The first-order chi connectivity index (χ1) is 11.4. The van der Waals surface area contributed by atoms with Crippen LogP contribution in [0.2, 0.25) is 5.02 Å². The van der Waals surface area contributed by atoms with E-state index in [1.54, 1.807) is 9.47 Å². The van der Waals surface area contributed by atoms with Crippen LogP contribution in [0.1, 0.15) is 44.6 Å². The van der Waals surface area contributed by atoms with Crippen LogP contribution in [0, 0.1) is 6.92 Å². The number of amides is 2. The predicted molar refractivity (Wildman–Crippen MR) is 93.4 cm³/mol. The largest absolute Gasteiger partial charge is 0.383 e. The van der Waals surface area contributed by atoms with Gasteiger partial charge in [-0.05, 0) is 30.7 Å². The number of likely N-dealkylation sites (tertiary alicyclic amines) is 1. The van der Waals surface area contributed by atoms with Crippen LogP contribution in [-0.4, -0.2) is 39.4 Å². The molecule has 1 aliphatic rings. The molecule has 4 N–H and O–H groups in total. The minimum Gasteiger partial charge on any atom is -0.383 e. The van der Waals surface area contributed by atoms with Crippen LogP contribution < -0.4 is 11.5 Å². The van der Waals surface area contributed by atoms with Crippen molar-refractivity contribution >= 4 is 40.6 Å². The maximum atomic E-state index is 12.6. The Morgan fingerprint density at radius 3 is 2.54 bits per heavy atom. The molecule has 3 rings (SSSR count). The average Bonchev–Trinajstić information content (AvgIpc) is 3.11. The Hall–Kier alpha value is -2.06. The number of aromatic nitrogens is 2. The van der Waals surface area contributed by atoms with Gasteiger partial charge in [-0.2, -0.15) is 0 Å². The van der Waals surface area contributed by atoms with Crippen molar-refractivity contribution in [3.05, 3.63) is 32.9 Å². The molecule has 3 heterocycles. The van der Waals surface area contributed by atoms with E-state index in [9.17, 15) is 9.59 Å². The van der Waals surface area contributed by atoms with Crippen molar-refractivity contribution in [3.63, 3.8) is 0 Å². The van der Waals surface area contributed by atoms with Gasteiger partial charge < -0.3 is 20.9 Å². The second-order valence-corrected chi connectivity index (χ2v) is 7.09. The van der Waals surface area contributed by atoms with Crippen molar-refractivity contribution in [3.8, 4) is 0 Å². The second kappa shape index (κ2) is 6.45. The molecular weight excluding hydrogens is 350 g/mol. The van der Waals surface area contributed by atoms with E-state index in [1.807, 2.05) is 12.3 Å². The molecule has 0 spiro atoms. The summed E-state index contributed by atoms with van der Waals surface area (Å²) in [6.45, 7) is 3.08. The van der Waals surface area contributed by atoms with Gasteiger partial charge in [0.25, 0.3) is 11.8 Å². The van der Waals surface area contributed by atoms with Crippen molar-refractivity contribution < 1.29 is 9.59 Å². The lowest BCUT2D eigenvalue weighted by atomic mass is 10.0. The summed E-state index contributed by atoms with van der Waals surface area (Å²) in [6, 6.07) is 0.0928. The first-order valence-electron chi connectivity index (χ1n) is 7.55. The van der Waals surface area contributed by atoms with E-state index in [0.29, 0.717) is 23.0 Å². The van der Waals surface area contributed by atoms with Gasteiger partial charge in [-0.15, -0.1) is 11.3 Å². The standard InChI is InChI=1S/C15H18ClN5O2S/c1-8-6-24-12(10(8)16)15(23)20-4-2-9(3-5-20)21-7-19-11(13(21)17)14(18)22/h6-7,9H,2-5,17H2,1H3,(H2,18,22). The zero-order valence-electron chi connectivity index (χ0n) is 13.2. The molecule has 1 saturated heterocycles. The van der Waals surface area contributed by atoms with Crippen LogP contribution in [0.25, 0.3) is 0 Å². The fourth-order valence-corrected chi connectivity index (χ4v) is 4.16. The average molecular weight is 368 g/mol. The Labute approximate surface area is 148 Å². The third kappa shape index (κ3) is 2.87. The van der Waals surface area contributed by atoms with E-state index >= 15 is 0 Å². The summed E-state index contributed by atoms with van der Waals surface area (Å²) in [6.07, 6.45) is 3.00. The lowest BCUT2D eigenvalue weighted by Gasteiger charge is -2.32. The minimum atomic E-state index is -0.637. The van der Waals surface area contributed by atoms with Crippen molar-refractivity contribution in [1.29, 1.82) is 0 Å². The van der Waals surface area contributed by atoms with E-state index in [1.165, 1.54) is 17.7 Å². The number of piperidine rings is 1. The molecule has 0 saturated carbocycles.